The molecule has 0 aliphatic rings. The van der Waals surface area contributed by atoms with E-state index in [9.17, 15) is 4.79 Å². The minimum absolute atomic E-state index is 0. The molecule has 0 aliphatic heterocycles. The minimum Gasteiger partial charge on any atom is -1.00 e. The Labute approximate surface area is 81.5 Å². The smallest absolute Gasteiger partial charge is 1.00 e. The van der Waals surface area contributed by atoms with E-state index in [2.05, 4.69) is 0 Å². The Morgan fingerprint density at radius 1 is 1.83 bits per heavy atom. The molecule has 0 saturated carbocycles. The molecule has 1 nitrogen and oxygen atoms in total. The number of carbonyl (C=O) groups excluding carboxylic acids is 1. The minimum atomic E-state index is 0. The molecule has 0 aromatic heterocycles. The van der Waals surface area contributed by atoms with E-state index in [1.54, 1.807) is 0 Å². The molecule has 0 aromatic carbocycles. The zero-order valence-electron chi connectivity index (χ0n) is 6.11. The van der Waals surface area contributed by atoms with Crippen LogP contribution < -0.4 is 0 Å². The zero-order chi connectivity index (χ0) is 4.12. The molecular formula is C4H10BaO. The van der Waals surface area contributed by atoms with Gasteiger partial charge in [-0.2, -0.15) is 0 Å². The Hall–Kier alpha value is 1.24. The number of rotatable bonds is 2. The zero-order valence-corrected chi connectivity index (χ0v) is 8.55. The van der Waals surface area contributed by atoms with Gasteiger partial charge in [-0.25, -0.2) is 0 Å². The van der Waals surface area contributed by atoms with Gasteiger partial charge in [0.05, 0.1) is 0 Å². The third-order valence-corrected chi connectivity index (χ3v) is 0.407. The molecule has 0 heterocycles. The summed E-state index contributed by atoms with van der Waals surface area (Å²) in [6.45, 7) is 1.98. The summed E-state index contributed by atoms with van der Waals surface area (Å²) < 4.78 is 0. The number of hydrogen-bond donors (Lipinski definition) is 0. The molecular weight excluding hydrogens is 201 g/mol. The molecule has 34 valence electrons. The molecule has 0 bridgehead atoms. The molecule has 2 heteroatoms. The van der Waals surface area contributed by atoms with E-state index in [0.717, 1.165) is 12.7 Å². The van der Waals surface area contributed by atoms with Crippen LogP contribution >= 0.6 is 0 Å². The summed E-state index contributed by atoms with van der Waals surface area (Å²) in [6, 6.07) is 0. The van der Waals surface area contributed by atoms with Crippen LogP contribution in [0.5, 0.6) is 0 Å². The van der Waals surface area contributed by atoms with Crippen molar-refractivity contribution in [2.24, 2.45) is 0 Å². The quantitative estimate of drug-likeness (QED) is 0.488. The summed E-state index contributed by atoms with van der Waals surface area (Å²) in [5.41, 5.74) is 0. The number of aldehydes is 1. The maximum atomic E-state index is 9.40. The van der Waals surface area contributed by atoms with Crippen molar-refractivity contribution in [2.45, 2.75) is 19.8 Å². The first-order valence-corrected chi connectivity index (χ1v) is 1.85. The molecule has 0 amide bonds. The predicted molar refractivity (Wildman–Crippen MR) is 28.9 cm³/mol. The molecule has 0 radical (unpaired) electrons. The maximum Gasteiger partial charge on any atom is 2.00 e. The van der Waals surface area contributed by atoms with Gasteiger partial charge in [-0.05, 0) is 6.42 Å². The molecule has 0 rings (SSSR count). The Morgan fingerprint density at radius 2 is 2.33 bits per heavy atom. The predicted octanol–water partition coefficient (Wildman–Crippen LogP) is 0.830. The monoisotopic (exact) mass is 212 g/mol. The second kappa shape index (κ2) is 9.53. The number of unbranched alkanes of at least 4 members (excludes halogenated alkanes) is 1. The second-order valence-corrected chi connectivity index (χ2v) is 0.955. The van der Waals surface area contributed by atoms with Crippen LogP contribution in [-0.2, 0) is 4.79 Å². The van der Waals surface area contributed by atoms with Crippen LogP contribution in [0.4, 0.5) is 0 Å². The van der Waals surface area contributed by atoms with Crippen molar-refractivity contribution in [3.63, 3.8) is 0 Å². The van der Waals surface area contributed by atoms with Crippen molar-refractivity contribution in [1.29, 1.82) is 0 Å². The average molecular weight is 211 g/mol. The normalized spacial score (nSPS) is 6.17. The molecule has 0 aromatic rings. The van der Waals surface area contributed by atoms with Crippen molar-refractivity contribution in [1.82, 2.24) is 0 Å². The first-order chi connectivity index (χ1) is 2.41. The molecule has 0 spiro atoms. The van der Waals surface area contributed by atoms with Gasteiger partial charge in [0.25, 0.3) is 0 Å². The number of carbonyl (C=O) groups is 1. The van der Waals surface area contributed by atoms with Gasteiger partial charge < -0.3 is 7.65 Å². The Bertz CT molecular complexity index is 35.2. The largest absolute Gasteiger partial charge is 2.00 e. The van der Waals surface area contributed by atoms with Crippen LogP contribution in [-0.4, -0.2) is 55.2 Å². The summed E-state index contributed by atoms with van der Waals surface area (Å²) in [5, 5.41) is 0. The van der Waals surface area contributed by atoms with Crippen LogP contribution in [0.25, 0.3) is 0 Å². The van der Waals surface area contributed by atoms with Gasteiger partial charge in [-0.3, -0.25) is 0 Å². The van der Waals surface area contributed by atoms with Crippen molar-refractivity contribution in [2.75, 3.05) is 0 Å². The Balaban J connectivity index is -0.0000000267. The SMILES string of the molecule is CCCC=O.[Ba+2].[H-].[H-]. The van der Waals surface area contributed by atoms with E-state index in [-0.39, 0.29) is 51.7 Å². The van der Waals surface area contributed by atoms with Crippen molar-refractivity contribution in [3.8, 4) is 0 Å². The summed E-state index contributed by atoms with van der Waals surface area (Å²) in [6.07, 6.45) is 2.61. The maximum absolute atomic E-state index is 9.40. The molecule has 0 unspecified atom stereocenters. The summed E-state index contributed by atoms with van der Waals surface area (Å²) >= 11 is 0. The standard InChI is InChI=1S/C4H8O.Ba.2H/c1-2-3-4-5;;;/h4H,2-3H2,1H3;;;/q;+2;2*-1. The Kier molecular flexibility index (Phi) is 16.3. The van der Waals surface area contributed by atoms with Crippen LogP contribution in [0.15, 0.2) is 0 Å². The van der Waals surface area contributed by atoms with Crippen LogP contribution in [0, 0.1) is 0 Å². The molecule has 0 atom stereocenters. The Morgan fingerprint density at radius 3 is 2.33 bits per heavy atom. The van der Waals surface area contributed by atoms with E-state index in [4.69, 9.17) is 0 Å². The van der Waals surface area contributed by atoms with Gasteiger partial charge in [0, 0.05) is 6.42 Å². The number of hydrogen-bond acceptors (Lipinski definition) is 1. The molecule has 6 heavy (non-hydrogen) atoms. The fourth-order valence-electron chi connectivity index (χ4n) is 0.118. The van der Waals surface area contributed by atoms with Crippen LogP contribution in [0.2, 0.25) is 0 Å². The summed E-state index contributed by atoms with van der Waals surface area (Å²) in [5.74, 6) is 0. The van der Waals surface area contributed by atoms with Gasteiger partial charge in [0.2, 0.25) is 0 Å². The van der Waals surface area contributed by atoms with Gasteiger partial charge >= 0.3 is 48.9 Å². The molecule has 0 saturated heterocycles. The van der Waals surface area contributed by atoms with Gasteiger partial charge in [0.1, 0.15) is 6.29 Å². The average Bonchev–Trinajstić information content (AvgIpc) is 1.41. The molecule has 0 aliphatic carbocycles. The third-order valence-electron chi connectivity index (χ3n) is 0.407. The van der Waals surface area contributed by atoms with Crippen molar-refractivity contribution in [3.05, 3.63) is 0 Å². The fraction of sp³-hybridized carbons (Fsp3) is 0.750. The van der Waals surface area contributed by atoms with E-state index < -0.39 is 0 Å². The topological polar surface area (TPSA) is 17.1 Å². The third kappa shape index (κ3) is 8.97. The van der Waals surface area contributed by atoms with Gasteiger partial charge in [-0.15, -0.1) is 0 Å². The molecule has 0 N–H and O–H groups in total. The van der Waals surface area contributed by atoms with Crippen molar-refractivity contribution >= 4 is 55.2 Å². The van der Waals surface area contributed by atoms with Gasteiger partial charge in [0.15, 0.2) is 0 Å². The molecule has 0 fully saturated rings. The first-order valence-electron chi connectivity index (χ1n) is 1.85. The van der Waals surface area contributed by atoms with Crippen LogP contribution in [0.3, 0.4) is 0 Å². The fourth-order valence-corrected chi connectivity index (χ4v) is 0.118. The van der Waals surface area contributed by atoms with Gasteiger partial charge in [-0.1, -0.05) is 6.92 Å². The first kappa shape index (κ1) is 10.3. The second-order valence-electron chi connectivity index (χ2n) is 0.955. The summed E-state index contributed by atoms with van der Waals surface area (Å²) in [4.78, 5) is 9.40. The van der Waals surface area contributed by atoms with Crippen LogP contribution in [0.1, 0.15) is 22.6 Å². The van der Waals surface area contributed by atoms with E-state index in [1.165, 1.54) is 0 Å². The van der Waals surface area contributed by atoms with E-state index >= 15 is 0 Å². The van der Waals surface area contributed by atoms with E-state index in [0.29, 0.717) is 6.42 Å². The summed E-state index contributed by atoms with van der Waals surface area (Å²) in [7, 11) is 0. The van der Waals surface area contributed by atoms with Crippen molar-refractivity contribution < 1.29 is 7.65 Å². The van der Waals surface area contributed by atoms with E-state index in [1.807, 2.05) is 6.92 Å².